The number of hydrogen-bond acceptors (Lipinski definition) is 4. The van der Waals surface area contributed by atoms with E-state index in [2.05, 4.69) is 41.9 Å². The number of furan rings is 1. The molecule has 1 fully saturated rings. The number of thioether (sulfide) groups is 1. The lowest BCUT2D eigenvalue weighted by atomic mass is 10.1. The van der Waals surface area contributed by atoms with Crippen LogP contribution in [0.2, 0.25) is 0 Å². The number of rotatable bonds is 4. The molecule has 1 aliphatic heterocycles. The lowest BCUT2D eigenvalue weighted by molar-refractivity contribution is 0.253. The molecule has 2 rings (SSSR count). The van der Waals surface area contributed by atoms with Gasteiger partial charge in [-0.25, -0.2) is 0 Å². The zero-order valence-corrected chi connectivity index (χ0v) is 12.5. The maximum absolute atomic E-state index is 5.62. The van der Waals surface area contributed by atoms with Gasteiger partial charge in [-0.15, -0.1) is 0 Å². The lowest BCUT2D eigenvalue weighted by Gasteiger charge is -2.21. The molecule has 1 aromatic rings. The lowest BCUT2D eigenvalue weighted by Crippen LogP contribution is -2.26. The molecule has 0 spiro atoms. The summed E-state index contributed by atoms with van der Waals surface area (Å²) in [5.74, 6) is 2.31. The molecule has 3 nitrogen and oxygen atoms in total. The third-order valence-corrected chi connectivity index (χ3v) is 4.77. The average molecular weight is 268 g/mol. The number of nitrogens with one attached hydrogen (secondary N) is 1. The Balaban J connectivity index is 1.88. The van der Waals surface area contributed by atoms with E-state index < -0.39 is 0 Å². The molecule has 102 valence electrons. The van der Waals surface area contributed by atoms with E-state index in [0.717, 1.165) is 25.4 Å². The topological polar surface area (TPSA) is 28.4 Å². The van der Waals surface area contributed by atoms with E-state index in [1.54, 1.807) is 0 Å². The summed E-state index contributed by atoms with van der Waals surface area (Å²) in [6, 6.07) is 2.17. The van der Waals surface area contributed by atoms with Gasteiger partial charge in [0.25, 0.3) is 0 Å². The molecule has 1 N–H and O–H groups in total. The van der Waals surface area contributed by atoms with Crippen molar-refractivity contribution in [2.24, 2.45) is 0 Å². The second-order valence-electron chi connectivity index (χ2n) is 5.59. The van der Waals surface area contributed by atoms with Gasteiger partial charge in [-0.3, -0.25) is 4.90 Å². The molecule has 18 heavy (non-hydrogen) atoms. The zero-order chi connectivity index (χ0) is 13.0. The van der Waals surface area contributed by atoms with Gasteiger partial charge in [-0.1, -0.05) is 13.8 Å². The van der Waals surface area contributed by atoms with Gasteiger partial charge in [-0.05, 0) is 26.1 Å². The van der Waals surface area contributed by atoms with E-state index in [1.165, 1.54) is 24.3 Å². The summed E-state index contributed by atoms with van der Waals surface area (Å²) in [4.78, 5) is 2.50. The molecule has 0 radical (unpaired) electrons. The normalized spacial score (nSPS) is 20.8. The molecule has 0 unspecified atom stereocenters. The van der Waals surface area contributed by atoms with Crippen LogP contribution in [0.15, 0.2) is 16.7 Å². The Bertz CT molecular complexity index is 376. The van der Waals surface area contributed by atoms with Crippen molar-refractivity contribution in [1.29, 1.82) is 0 Å². The van der Waals surface area contributed by atoms with E-state index in [4.69, 9.17) is 4.42 Å². The van der Waals surface area contributed by atoms with Gasteiger partial charge in [0.05, 0.1) is 12.8 Å². The Morgan fingerprint density at radius 3 is 3.06 bits per heavy atom. The van der Waals surface area contributed by atoms with Crippen molar-refractivity contribution in [3.05, 3.63) is 23.7 Å². The van der Waals surface area contributed by atoms with Crippen LogP contribution in [-0.2, 0) is 13.1 Å². The minimum absolute atomic E-state index is 0.426. The first-order valence-corrected chi connectivity index (χ1v) is 7.65. The van der Waals surface area contributed by atoms with Crippen molar-refractivity contribution in [2.45, 2.75) is 38.1 Å². The first-order chi connectivity index (χ1) is 8.59. The molecule has 0 aromatic carbocycles. The monoisotopic (exact) mass is 268 g/mol. The van der Waals surface area contributed by atoms with E-state index >= 15 is 0 Å². The Morgan fingerprint density at radius 2 is 2.28 bits per heavy atom. The van der Waals surface area contributed by atoms with Crippen LogP contribution >= 0.6 is 11.8 Å². The summed E-state index contributed by atoms with van der Waals surface area (Å²) in [6.07, 6.45) is 3.12. The Hall–Kier alpha value is -0.450. The summed E-state index contributed by atoms with van der Waals surface area (Å²) < 4.78 is 6.05. The fourth-order valence-corrected chi connectivity index (χ4v) is 3.38. The highest BCUT2D eigenvalue weighted by molar-refractivity contribution is 8.00. The molecule has 0 saturated carbocycles. The number of nitrogens with zero attached hydrogens (tertiary/aromatic N) is 1. The molecule has 0 atom stereocenters. The highest BCUT2D eigenvalue weighted by Gasteiger charge is 2.23. The Morgan fingerprint density at radius 1 is 1.44 bits per heavy atom. The third kappa shape index (κ3) is 4.04. The molecule has 1 saturated heterocycles. The largest absolute Gasteiger partial charge is 0.468 e. The molecular weight excluding hydrogens is 244 g/mol. The highest BCUT2D eigenvalue weighted by atomic mass is 32.2. The van der Waals surface area contributed by atoms with Gasteiger partial charge in [0, 0.05) is 29.2 Å². The van der Waals surface area contributed by atoms with Crippen LogP contribution in [-0.4, -0.2) is 35.5 Å². The molecule has 4 heteroatoms. The fraction of sp³-hybridized carbons (Fsp3) is 0.714. The van der Waals surface area contributed by atoms with Crippen molar-refractivity contribution in [2.75, 3.05) is 25.9 Å². The molecule has 2 heterocycles. The van der Waals surface area contributed by atoms with E-state index in [0.29, 0.717) is 4.75 Å². The second kappa shape index (κ2) is 6.13. The number of hydrogen-bond donors (Lipinski definition) is 1. The van der Waals surface area contributed by atoms with Crippen LogP contribution in [0, 0.1) is 0 Å². The van der Waals surface area contributed by atoms with Crippen molar-refractivity contribution in [3.8, 4) is 0 Å². The second-order valence-corrected chi connectivity index (χ2v) is 7.39. The van der Waals surface area contributed by atoms with Crippen LogP contribution in [0.5, 0.6) is 0 Å². The quantitative estimate of drug-likeness (QED) is 0.909. The van der Waals surface area contributed by atoms with Crippen molar-refractivity contribution in [1.82, 2.24) is 10.2 Å². The summed E-state index contributed by atoms with van der Waals surface area (Å²) in [5.41, 5.74) is 1.23. The third-order valence-electron chi connectivity index (χ3n) is 3.40. The maximum Gasteiger partial charge on any atom is 0.118 e. The summed E-state index contributed by atoms with van der Waals surface area (Å²) in [7, 11) is 1.96. The first-order valence-electron chi connectivity index (χ1n) is 6.66. The van der Waals surface area contributed by atoms with Crippen molar-refractivity contribution in [3.63, 3.8) is 0 Å². The molecule has 0 amide bonds. The summed E-state index contributed by atoms with van der Waals surface area (Å²) in [5, 5.41) is 3.14. The van der Waals surface area contributed by atoms with Gasteiger partial charge in [0.15, 0.2) is 0 Å². The minimum Gasteiger partial charge on any atom is -0.468 e. The van der Waals surface area contributed by atoms with E-state index in [1.807, 2.05) is 13.3 Å². The van der Waals surface area contributed by atoms with Crippen LogP contribution < -0.4 is 5.32 Å². The fourth-order valence-electron chi connectivity index (χ4n) is 2.25. The van der Waals surface area contributed by atoms with Crippen molar-refractivity contribution < 1.29 is 4.42 Å². The van der Waals surface area contributed by atoms with E-state index in [-0.39, 0.29) is 0 Å². The summed E-state index contributed by atoms with van der Waals surface area (Å²) in [6.45, 7) is 8.85. The molecular formula is C14H24N2OS. The first kappa shape index (κ1) is 14.0. The zero-order valence-electron chi connectivity index (χ0n) is 11.7. The highest BCUT2D eigenvalue weighted by Crippen LogP contribution is 2.31. The molecule has 1 aliphatic rings. The SMILES string of the molecule is CNCc1coc(CN2CCSC(C)(C)CC2)c1. The smallest absolute Gasteiger partial charge is 0.118 e. The van der Waals surface area contributed by atoms with Crippen LogP contribution in [0.3, 0.4) is 0 Å². The molecule has 0 bridgehead atoms. The Kier molecular flexibility index (Phi) is 4.76. The standard InChI is InChI=1S/C14H24N2OS/c1-14(2)4-5-16(6-7-18-14)10-13-8-12(9-15-3)11-17-13/h8,11,15H,4-7,9-10H2,1-3H3. The Labute approximate surface area is 114 Å². The predicted molar refractivity (Wildman–Crippen MR) is 77.9 cm³/mol. The van der Waals surface area contributed by atoms with Gasteiger partial charge in [-0.2, -0.15) is 11.8 Å². The van der Waals surface area contributed by atoms with Crippen LogP contribution in [0.1, 0.15) is 31.6 Å². The van der Waals surface area contributed by atoms with Crippen LogP contribution in [0.4, 0.5) is 0 Å². The predicted octanol–water partition coefficient (Wildman–Crippen LogP) is 2.72. The van der Waals surface area contributed by atoms with E-state index in [9.17, 15) is 0 Å². The van der Waals surface area contributed by atoms with Crippen LogP contribution in [0.25, 0.3) is 0 Å². The van der Waals surface area contributed by atoms with Gasteiger partial charge in [0.2, 0.25) is 0 Å². The summed E-state index contributed by atoms with van der Waals surface area (Å²) >= 11 is 2.09. The molecule has 0 aliphatic carbocycles. The minimum atomic E-state index is 0.426. The average Bonchev–Trinajstić information content (AvgIpc) is 2.66. The van der Waals surface area contributed by atoms with Crippen molar-refractivity contribution >= 4 is 11.8 Å². The maximum atomic E-state index is 5.62. The molecule has 1 aromatic heterocycles. The van der Waals surface area contributed by atoms with Gasteiger partial charge in [0.1, 0.15) is 5.76 Å². The van der Waals surface area contributed by atoms with Gasteiger partial charge >= 0.3 is 0 Å². The van der Waals surface area contributed by atoms with Gasteiger partial charge < -0.3 is 9.73 Å².